The molecule has 2 aromatic carbocycles. The van der Waals surface area contributed by atoms with Crippen molar-refractivity contribution in [2.24, 2.45) is 0 Å². The molecule has 0 heterocycles. The lowest BCUT2D eigenvalue weighted by atomic mass is 9.97. The molecular formula is C30H44N2O6. The molecule has 0 aromatic heterocycles. The van der Waals surface area contributed by atoms with Crippen LogP contribution in [0.2, 0.25) is 0 Å². The fourth-order valence-corrected chi connectivity index (χ4v) is 4.65. The average Bonchev–Trinajstić information content (AvgIpc) is 2.88. The molecule has 0 bridgehead atoms. The highest BCUT2D eigenvalue weighted by atomic mass is 16.4. The van der Waals surface area contributed by atoms with E-state index >= 15 is 0 Å². The quantitative estimate of drug-likeness (QED) is 0.161. The Morgan fingerprint density at radius 3 is 1.97 bits per heavy atom. The van der Waals surface area contributed by atoms with Crippen LogP contribution in [0.25, 0.3) is 10.8 Å². The Bertz CT molecular complexity index is 1050. The van der Waals surface area contributed by atoms with Crippen LogP contribution in [0, 0.1) is 0 Å². The summed E-state index contributed by atoms with van der Waals surface area (Å²) in [6, 6.07) is 5.82. The van der Waals surface area contributed by atoms with Crippen molar-refractivity contribution in [2.75, 3.05) is 6.54 Å². The molecular weight excluding hydrogens is 484 g/mol. The number of carboxylic acid groups (broad SMARTS) is 1. The minimum Gasteiger partial charge on any atom is -0.508 e. The number of nitrogens with one attached hydrogen (secondary N) is 2. The van der Waals surface area contributed by atoms with Crippen molar-refractivity contribution in [3.05, 3.63) is 41.5 Å². The number of aliphatic hydroxyl groups is 1. The summed E-state index contributed by atoms with van der Waals surface area (Å²) in [7, 11) is 0. The molecule has 0 saturated carbocycles. The maximum Gasteiger partial charge on any atom is 0.337 e. The summed E-state index contributed by atoms with van der Waals surface area (Å²) >= 11 is 0. The van der Waals surface area contributed by atoms with Gasteiger partial charge in [0.25, 0.3) is 5.91 Å². The maximum atomic E-state index is 13.0. The standard InChI is InChI=1S/C30H44N2O6/c1-3-4-5-6-7-8-9-10-11-12-13-14-19-31-29(36)27(21(2)33)32-28(35)25-17-15-22-20-23(34)16-18-24(22)26(25)30(37)38/h15-18,20-21,27,33-34H,3-14,19H2,1-2H3,(H,31,36)(H,32,35)(H,37,38)/t21-,27+/m1/s1. The van der Waals surface area contributed by atoms with E-state index in [9.17, 15) is 29.7 Å². The zero-order valence-corrected chi connectivity index (χ0v) is 22.8. The largest absolute Gasteiger partial charge is 0.508 e. The Hall–Kier alpha value is -3.13. The molecule has 2 aromatic rings. The molecule has 210 valence electrons. The number of aromatic carboxylic acids is 1. The first kappa shape index (κ1) is 31.1. The summed E-state index contributed by atoms with van der Waals surface area (Å²) in [5.41, 5.74) is -0.364. The highest BCUT2D eigenvalue weighted by Gasteiger charge is 2.28. The molecule has 5 N–H and O–H groups in total. The minimum absolute atomic E-state index is 0.0231. The lowest BCUT2D eigenvalue weighted by Crippen LogP contribution is -2.52. The SMILES string of the molecule is CCCCCCCCCCCCCCNC(=O)[C@@H](NC(=O)c1ccc2cc(O)ccc2c1C(=O)O)[C@@H](C)O. The van der Waals surface area contributed by atoms with E-state index in [0.717, 1.165) is 19.3 Å². The molecule has 0 saturated heterocycles. The van der Waals surface area contributed by atoms with E-state index in [1.807, 2.05) is 0 Å². The van der Waals surface area contributed by atoms with Crippen molar-refractivity contribution in [3.63, 3.8) is 0 Å². The smallest absolute Gasteiger partial charge is 0.337 e. The highest BCUT2D eigenvalue weighted by Crippen LogP contribution is 2.26. The van der Waals surface area contributed by atoms with Crippen molar-refractivity contribution >= 4 is 28.6 Å². The Labute approximate surface area is 225 Å². The van der Waals surface area contributed by atoms with Gasteiger partial charge in [0.1, 0.15) is 11.8 Å². The van der Waals surface area contributed by atoms with Gasteiger partial charge in [0.05, 0.1) is 17.2 Å². The number of aromatic hydroxyl groups is 1. The Morgan fingerprint density at radius 2 is 1.42 bits per heavy atom. The van der Waals surface area contributed by atoms with Gasteiger partial charge in [-0.1, -0.05) is 83.6 Å². The van der Waals surface area contributed by atoms with Crippen LogP contribution in [0.3, 0.4) is 0 Å². The number of hydrogen-bond acceptors (Lipinski definition) is 5. The zero-order chi connectivity index (χ0) is 27.9. The average molecular weight is 529 g/mol. The fourth-order valence-electron chi connectivity index (χ4n) is 4.65. The van der Waals surface area contributed by atoms with Gasteiger partial charge in [0.2, 0.25) is 5.91 Å². The summed E-state index contributed by atoms with van der Waals surface area (Å²) < 4.78 is 0. The van der Waals surface area contributed by atoms with Crippen molar-refractivity contribution in [3.8, 4) is 5.75 Å². The molecule has 0 fully saturated rings. The van der Waals surface area contributed by atoms with Gasteiger partial charge >= 0.3 is 5.97 Å². The van der Waals surface area contributed by atoms with E-state index < -0.39 is 29.9 Å². The first-order valence-electron chi connectivity index (χ1n) is 14.0. The molecule has 0 unspecified atom stereocenters. The number of aliphatic hydroxyl groups excluding tert-OH is 1. The van der Waals surface area contributed by atoms with Crippen LogP contribution in [0.1, 0.15) is 112 Å². The number of unbranched alkanes of at least 4 members (excludes halogenated alkanes) is 11. The first-order chi connectivity index (χ1) is 18.3. The molecule has 8 heteroatoms. The third kappa shape index (κ3) is 9.97. The van der Waals surface area contributed by atoms with Gasteiger partial charge in [-0.25, -0.2) is 4.79 Å². The maximum absolute atomic E-state index is 13.0. The summed E-state index contributed by atoms with van der Waals surface area (Å²) in [5.74, 6) is -2.62. The predicted octanol–water partition coefficient (Wildman–Crippen LogP) is 5.54. The van der Waals surface area contributed by atoms with Crippen LogP contribution < -0.4 is 10.6 Å². The number of fused-ring (bicyclic) bond motifs is 1. The zero-order valence-electron chi connectivity index (χ0n) is 22.8. The van der Waals surface area contributed by atoms with Gasteiger partial charge < -0.3 is 26.0 Å². The third-order valence-corrected chi connectivity index (χ3v) is 6.84. The molecule has 0 spiro atoms. The Morgan fingerprint density at radius 1 is 0.842 bits per heavy atom. The second-order valence-corrected chi connectivity index (χ2v) is 10.1. The summed E-state index contributed by atoms with van der Waals surface area (Å²) in [6.45, 7) is 4.07. The van der Waals surface area contributed by atoms with Crippen molar-refractivity contribution in [1.29, 1.82) is 0 Å². The lowest BCUT2D eigenvalue weighted by molar-refractivity contribution is -0.125. The monoisotopic (exact) mass is 528 g/mol. The molecule has 38 heavy (non-hydrogen) atoms. The van der Waals surface area contributed by atoms with E-state index in [1.54, 1.807) is 0 Å². The van der Waals surface area contributed by atoms with E-state index in [1.165, 1.54) is 95.0 Å². The molecule has 2 rings (SSSR count). The summed E-state index contributed by atoms with van der Waals surface area (Å²) in [6.07, 6.45) is 13.4. The Kier molecular flexibility index (Phi) is 13.6. The van der Waals surface area contributed by atoms with E-state index in [4.69, 9.17) is 0 Å². The van der Waals surface area contributed by atoms with Crippen LogP contribution in [0.15, 0.2) is 30.3 Å². The number of amides is 2. The second kappa shape index (κ2) is 16.7. The number of hydrogen-bond donors (Lipinski definition) is 5. The first-order valence-corrected chi connectivity index (χ1v) is 14.0. The molecule has 0 radical (unpaired) electrons. The van der Waals surface area contributed by atoms with Gasteiger partial charge in [-0.3, -0.25) is 9.59 Å². The number of carbonyl (C=O) groups excluding carboxylic acids is 2. The van der Waals surface area contributed by atoms with E-state index in [0.29, 0.717) is 11.9 Å². The predicted molar refractivity (Wildman–Crippen MR) is 150 cm³/mol. The third-order valence-electron chi connectivity index (χ3n) is 6.84. The lowest BCUT2D eigenvalue weighted by Gasteiger charge is -2.21. The number of phenols is 1. The normalized spacial score (nSPS) is 12.7. The molecule has 2 amide bonds. The van der Waals surface area contributed by atoms with Gasteiger partial charge in [-0.05, 0) is 48.4 Å². The van der Waals surface area contributed by atoms with Crippen molar-refractivity contribution < 1.29 is 29.7 Å². The van der Waals surface area contributed by atoms with Crippen LogP contribution in [0.5, 0.6) is 5.75 Å². The second-order valence-electron chi connectivity index (χ2n) is 10.1. The number of benzene rings is 2. The topological polar surface area (TPSA) is 136 Å². The summed E-state index contributed by atoms with van der Waals surface area (Å²) in [4.78, 5) is 37.6. The van der Waals surface area contributed by atoms with Gasteiger partial charge in [-0.2, -0.15) is 0 Å². The molecule has 0 aliphatic rings. The van der Waals surface area contributed by atoms with Gasteiger partial charge in [-0.15, -0.1) is 0 Å². The highest BCUT2D eigenvalue weighted by molar-refractivity contribution is 6.14. The summed E-state index contributed by atoms with van der Waals surface area (Å²) in [5, 5.41) is 35.6. The number of carboxylic acids is 1. The van der Waals surface area contributed by atoms with E-state index in [-0.39, 0.29) is 22.3 Å². The molecule has 2 atom stereocenters. The van der Waals surface area contributed by atoms with Crippen molar-refractivity contribution in [1.82, 2.24) is 10.6 Å². The number of carbonyl (C=O) groups is 3. The van der Waals surface area contributed by atoms with Crippen molar-refractivity contribution in [2.45, 2.75) is 103 Å². The molecule has 8 nitrogen and oxygen atoms in total. The van der Waals surface area contributed by atoms with Crippen LogP contribution >= 0.6 is 0 Å². The Balaban J connectivity index is 1.80. The van der Waals surface area contributed by atoms with Crippen LogP contribution in [-0.2, 0) is 4.79 Å². The number of phenolic OH excluding ortho intramolecular Hbond substituents is 1. The van der Waals surface area contributed by atoms with Crippen LogP contribution in [0.4, 0.5) is 0 Å². The van der Waals surface area contributed by atoms with Crippen LogP contribution in [-0.4, -0.2) is 51.8 Å². The van der Waals surface area contributed by atoms with Gasteiger partial charge in [0.15, 0.2) is 0 Å². The molecule has 0 aliphatic heterocycles. The van der Waals surface area contributed by atoms with E-state index in [2.05, 4.69) is 17.6 Å². The molecule has 0 aliphatic carbocycles. The van der Waals surface area contributed by atoms with Gasteiger partial charge in [0, 0.05) is 6.54 Å². The minimum atomic E-state index is -1.31. The fraction of sp³-hybridized carbons (Fsp3) is 0.567. The number of rotatable bonds is 18.